The van der Waals surface area contributed by atoms with Crippen LogP contribution in [0.5, 0.6) is 5.75 Å². The number of nitrogens with zero attached hydrogens (tertiary/aromatic N) is 2. The molecule has 28 heavy (non-hydrogen) atoms. The van der Waals surface area contributed by atoms with E-state index in [1.54, 1.807) is 12.3 Å². The average Bonchev–Trinajstić information content (AvgIpc) is 3.11. The largest absolute Gasteiger partial charge is 0.494 e. The summed E-state index contributed by atoms with van der Waals surface area (Å²) in [4.78, 5) is 16.4. The molecular weight excluding hydrogens is 350 g/mol. The predicted octanol–water partition coefficient (Wildman–Crippen LogP) is 4.68. The van der Waals surface area contributed by atoms with Crippen LogP contribution in [0.3, 0.4) is 0 Å². The Hall–Kier alpha value is -3.34. The van der Waals surface area contributed by atoms with Gasteiger partial charge in [-0.3, -0.25) is 4.79 Å². The maximum Gasteiger partial charge on any atom is 0.248 e. The third-order valence-electron chi connectivity index (χ3n) is 4.28. The van der Waals surface area contributed by atoms with Crippen LogP contribution >= 0.6 is 0 Å². The number of rotatable bonds is 8. The second kappa shape index (κ2) is 9.55. The number of hydrogen-bond acceptors (Lipinski definition) is 3. The molecule has 5 nitrogen and oxygen atoms in total. The Morgan fingerprint density at radius 2 is 1.89 bits per heavy atom. The molecule has 0 saturated heterocycles. The fraction of sp³-hybridized carbons (Fsp3) is 0.217. The Labute approximate surface area is 165 Å². The van der Waals surface area contributed by atoms with Crippen molar-refractivity contribution in [2.45, 2.75) is 26.8 Å². The fourth-order valence-electron chi connectivity index (χ4n) is 2.71. The van der Waals surface area contributed by atoms with E-state index in [2.05, 4.69) is 21.8 Å². The number of anilines is 1. The summed E-state index contributed by atoms with van der Waals surface area (Å²) in [5.74, 6) is 1.66. The van der Waals surface area contributed by atoms with Gasteiger partial charge in [-0.25, -0.2) is 4.98 Å². The van der Waals surface area contributed by atoms with Crippen molar-refractivity contribution in [2.24, 2.45) is 0 Å². The lowest BCUT2D eigenvalue weighted by molar-refractivity contribution is -0.111. The highest BCUT2D eigenvalue weighted by Gasteiger charge is 2.01. The Morgan fingerprint density at radius 1 is 1.14 bits per heavy atom. The molecule has 0 aliphatic rings. The van der Waals surface area contributed by atoms with Gasteiger partial charge in [-0.1, -0.05) is 31.2 Å². The zero-order valence-electron chi connectivity index (χ0n) is 16.3. The summed E-state index contributed by atoms with van der Waals surface area (Å²) >= 11 is 0. The van der Waals surface area contributed by atoms with Crippen molar-refractivity contribution in [1.29, 1.82) is 0 Å². The van der Waals surface area contributed by atoms with Gasteiger partial charge in [-0.05, 0) is 54.8 Å². The van der Waals surface area contributed by atoms with E-state index in [1.165, 1.54) is 6.08 Å². The van der Waals surface area contributed by atoms with Crippen LogP contribution in [-0.4, -0.2) is 22.1 Å². The topological polar surface area (TPSA) is 56.1 Å². The summed E-state index contributed by atoms with van der Waals surface area (Å²) in [6.07, 6.45) is 8.05. The van der Waals surface area contributed by atoms with Gasteiger partial charge in [0.1, 0.15) is 11.6 Å². The molecule has 0 saturated carbocycles. The number of hydrogen-bond donors (Lipinski definition) is 1. The summed E-state index contributed by atoms with van der Waals surface area (Å²) < 4.78 is 7.63. The Morgan fingerprint density at radius 3 is 2.54 bits per heavy atom. The van der Waals surface area contributed by atoms with Crippen LogP contribution in [0.2, 0.25) is 0 Å². The number of amides is 1. The molecule has 0 bridgehead atoms. The molecule has 0 aliphatic carbocycles. The summed E-state index contributed by atoms with van der Waals surface area (Å²) in [7, 11) is 0. The van der Waals surface area contributed by atoms with Gasteiger partial charge in [0, 0.05) is 30.7 Å². The van der Waals surface area contributed by atoms with E-state index < -0.39 is 0 Å². The number of carbonyl (C=O) groups is 1. The molecule has 1 N–H and O–H groups in total. The number of benzene rings is 2. The van der Waals surface area contributed by atoms with Gasteiger partial charge in [0.25, 0.3) is 0 Å². The van der Waals surface area contributed by atoms with Crippen LogP contribution in [0.25, 0.3) is 6.08 Å². The quantitative estimate of drug-likeness (QED) is 0.582. The second-order valence-electron chi connectivity index (χ2n) is 6.54. The van der Waals surface area contributed by atoms with Gasteiger partial charge in [0.2, 0.25) is 5.91 Å². The number of ether oxygens (including phenoxy) is 1. The van der Waals surface area contributed by atoms with Crippen LogP contribution in [0.15, 0.2) is 67.0 Å². The van der Waals surface area contributed by atoms with Gasteiger partial charge < -0.3 is 14.6 Å². The fourth-order valence-corrected chi connectivity index (χ4v) is 2.71. The van der Waals surface area contributed by atoms with E-state index in [9.17, 15) is 4.79 Å². The minimum atomic E-state index is -0.162. The molecular formula is C23H25N3O2. The van der Waals surface area contributed by atoms with Crippen molar-refractivity contribution in [3.05, 3.63) is 84.0 Å². The lowest BCUT2D eigenvalue weighted by Crippen LogP contribution is -2.08. The highest BCUT2D eigenvalue weighted by atomic mass is 16.5. The molecule has 3 rings (SSSR count). The minimum Gasteiger partial charge on any atom is -0.494 e. The molecule has 0 radical (unpaired) electrons. The Kier molecular flexibility index (Phi) is 6.63. The molecule has 5 heteroatoms. The monoisotopic (exact) mass is 375 g/mol. The van der Waals surface area contributed by atoms with E-state index in [0.29, 0.717) is 6.61 Å². The van der Waals surface area contributed by atoms with Crippen molar-refractivity contribution in [3.8, 4) is 5.75 Å². The van der Waals surface area contributed by atoms with Gasteiger partial charge >= 0.3 is 0 Å². The molecule has 1 amide bonds. The number of carbonyl (C=O) groups excluding carboxylic acids is 1. The summed E-state index contributed by atoms with van der Waals surface area (Å²) in [5, 5.41) is 2.88. The zero-order valence-corrected chi connectivity index (χ0v) is 16.3. The van der Waals surface area contributed by atoms with Crippen molar-refractivity contribution >= 4 is 17.7 Å². The normalized spacial score (nSPS) is 10.9. The predicted molar refractivity (Wildman–Crippen MR) is 112 cm³/mol. The van der Waals surface area contributed by atoms with E-state index in [1.807, 2.05) is 61.7 Å². The van der Waals surface area contributed by atoms with Gasteiger partial charge in [0.05, 0.1) is 6.61 Å². The van der Waals surface area contributed by atoms with E-state index in [4.69, 9.17) is 4.74 Å². The summed E-state index contributed by atoms with van der Waals surface area (Å²) in [6.45, 7) is 5.52. The SMILES string of the molecule is CCCOc1ccc(/C=C/C(=O)Nc2ccc(Cn3ccnc3C)cc2)cc1. The van der Waals surface area contributed by atoms with Crippen molar-refractivity contribution in [1.82, 2.24) is 9.55 Å². The summed E-state index contributed by atoms with van der Waals surface area (Å²) in [6, 6.07) is 15.5. The van der Waals surface area contributed by atoms with E-state index in [0.717, 1.165) is 41.4 Å². The molecule has 3 aromatic rings. The van der Waals surface area contributed by atoms with Crippen molar-refractivity contribution in [2.75, 3.05) is 11.9 Å². The lowest BCUT2D eigenvalue weighted by Gasteiger charge is -2.07. The van der Waals surface area contributed by atoms with Crippen molar-refractivity contribution < 1.29 is 9.53 Å². The molecule has 144 valence electrons. The maximum absolute atomic E-state index is 12.1. The third-order valence-corrected chi connectivity index (χ3v) is 4.28. The number of imidazole rings is 1. The highest BCUT2D eigenvalue weighted by Crippen LogP contribution is 2.14. The van der Waals surface area contributed by atoms with Gasteiger partial charge in [-0.15, -0.1) is 0 Å². The Balaban J connectivity index is 1.52. The smallest absolute Gasteiger partial charge is 0.248 e. The van der Waals surface area contributed by atoms with Gasteiger partial charge in [0.15, 0.2) is 0 Å². The van der Waals surface area contributed by atoms with Crippen LogP contribution in [-0.2, 0) is 11.3 Å². The van der Waals surface area contributed by atoms with Crippen LogP contribution in [0.1, 0.15) is 30.3 Å². The molecule has 0 atom stereocenters. The minimum absolute atomic E-state index is 0.162. The van der Waals surface area contributed by atoms with Crippen LogP contribution < -0.4 is 10.1 Å². The first kappa shape index (κ1) is 19.4. The van der Waals surface area contributed by atoms with Crippen molar-refractivity contribution in [3.63, 3.8) is 0 Å². The number of aryl methyl sites for hydroxylation is 1. The first-order valence-corrected chi connectivity index (χ1v) is 9.42. The van der Waals surface area contributed by atoms with Crippen LogP contribution in [0, 0.1) is 6.92 Å². The first-order valence-electron chi connectivity index (χ1n) is 9.42. The summed E-state index contributed by atoms with van der Waals surface area (Å²) in [5.41, 5.74) is 2.87. The Bertz CT molecular complexity index is 925. The third kappa shape index (κ3) is 5.58. The molecule has 0 aliphatic heterocycles. The molecule has 0 spiro atoms. The lowest BCUT2D eigenvalue weighted by atomic mass is 10.2. The first-order chi connectivity index (χ1) is 13.6. The van der Waals surface area contributed by atoms with Gasteiger partial charge in [-0.2, -0.15) is 0 Å². The maximum atomic E-state index is 12.1. The van der Waals surface area contributed by atoms with E-state index >= 15 is 0 Å². The molecule has 1 aromatic heterocycles. The number of nitrogens with one attached hydrogen (secondary N) is 1. The molecule has 1 heterocycles. The van der Waals surface area contributed by atoms with Crippen LogP contribution in [0.4, 0.5) is 5.69 Å². The highest BCUT2D eigenvalue weighted by molar-refractivity contribution is 6.01. The van der Waals surface area contributed by atoms with E-state index in [-0.39, 0.29) is 5.91 Å². The molecule has 0 fully saturated rings. The second-order valence-corrected chi connectivity index (χ2v) is 6.54. The number of aromatic nitrogens is 2. The zero-order chi connectivity index (χ0) is 19.8. The molecule has 0 unspecified atom stereocenters. The standard InChI is InChI=1S/C23H25N3O2/c1-3-16-28-22-11-6-19(7-12-22)8-13-23(27)25-21-9-4-20(5-10-21)17-26-15-14-24-18(26)2/h4-15H,3,16-17H2,1-2H3,(H,25,27)/b13-8+. The average molecular weight is 375 g/mol. The molecule has 2 aromatic carbocycles.